The van der Waals surface area contributed by atoms with Gasteiger partial charge in [0.05, 0.1) is 23.1 Å². The maximum atomic E-state index is 12.7. The summed E-state index contributed by atoms with van der Waals surface area (Å²) in [5.74, 6) is 0.720. The third kappa shape index (κ3) is 4.65. The van der Waals surface area contributed by atoms with Gasteiger partial charge in [-0.1, -0.05) is 0 Å². The largest absolute Gasteiger partial charge is 0.496 e. The van der Waals surface area contributed by atoms with E-state index in [0.29, 0.717) is 28.4 Å². The van der Waals surface area contributed by atoms with E-state index in [9.17, 15) is 14.9 Å². The van der Waals surface area contributed by atoms with Gasteiger partial charge in [-0.2, -0.15) is 0 Å². The zero-order valence-corrected chi connectivity index (χ0v) is 19.2. The second-order valence-electron chi connectivity index (χ2n) is 6.88. The molecular formula is C23H18BrN3O6. The maximum Gasteiger partial charge on any atom is 0.311 e. The molecule has 0 fully saturated rings. The minimum Gasteiger partial charge on any atom is -0.496 e. The van der Waals surface area contributed by atoms with Crippen molar-refractivity contribution in [2.45, 2.75) is 6.92 Å². The van der Waals surface area contributed by atoms with Crippen LogP contribution in [0.3, 0.4) is 0 Å². The number of hydrogen-bond donors (Lipinski definition) is 1. The molecule has 0 bridgehead atoms. The van der Waals surface area contributed by atoms with E-state index >= 15 is 0 Å². The number of nitrogens with zero attached hydrogens (tertiary/aromatic N) is 2. The molecule has 33 heavy (non-hydrogen) atoms. The fraction of sp³-hybridized carbons (Fsp3) is 0.130. The zero-order chi connectivity index (χ0) is 23.5. The lowest BCUT2D eigenvalue weighted by Crippen LogP contribution is -2.12. The average molecular weight is 512 g/mol. The number of nitro benzene ring substituents is 1. The molecule has 3 aromatic carbocycles. The van der Waals surface area contributed by atoms with Gasteiger partial charge in [-0.25, -0.2) is 4.98 Å². The number of anilines is 1. The number of benzene rings is 3. The van der Waals surface area contributed by atoms with Crippen molar-refractivity contribution in [1.82, 2.24) is 4.98 Å². The van der Waals surface area contributed by atoms with Crippen LogP contribution in [0.4, 0.5) is 11.4 Å². The molecule has 0 atom stereocenters. The SMILES string of the molecule is CCOc1ccc(C(=O)Nc2ccc3oc(-c4ccc(OC)c(Br)c4)nc3c2)cc1[N+](=O)[O-]. The zero-order valence-electron chi connectivity index (χ0n) is 17.6. The Kier molecular flexibility index (Phi) is 6.27. The Hall–Kier alpha value is -3.92. The number of nitro groups is 1. The molecule has 4 rings (SSSR count). The van der Waals surface area contributed by atoms with Gasteiger partial charge in [-0.3, -0.25) is 14.9 Å². The van der Waals surface area contributed by atoms with E-state index in [1.165, 1.54) is 18.2 Å². The number of carbonyl (C=O) groups excluding carboxylic acids is 1. The fourth-order valence-corrected chi connectivity index (χ4v) is 3.75. The molecule has 1 aromatic heterocycles. The minimum absolute atomic E-state index is 0.112. The molecule has 0 unspecified atom stereocenters. The molecule has 9 nitrogen and oxygen atoms in total. The molecule has 0 aliphatic rings. The minimum atomic E-state index is -0.581. The highest BCUT2D eigenvalue weighted by atomic mass is 79.9. The first kappa shape index (κ1) is 22.3. The molecule has 1 heterocycles. The topological polar surface area (TPSA) is 117 Å². The number of halogens is 1. The first-order valence-electron chi connectivity index (χ1n) is 9.86. The van der Waals surface area contributed by atoms with E-state index in [1.54, 1.807) is 38.3 Å². The standard InChI is InChI=1S/C23H18BrN3O6/c1-3-32-21-8-4-13(11-18(21)27(29)30)22(28)25-15-6-9-20-17(12-15)26-23(33-20)14-5-7-19(31-2)16(24)10-14/h4-12H,3H2,1-2H3,(H,25,28). The van der Waals surface area contributed by atoms with Gasteiger partial charge >= 0.3 is 5.69 Å². The molecule has 1 N–H and O–H groups in total. The van der Waals surface area contributed by atoms with Gasteiger partial charge < -0.3 is 19.2 Å². The number of fused-ring (bicyclic) bond motifs is 1. The van der Waals surface area contributed by atoms with Crippen LogP contribution in [0.15, 0.2) is 63.5 Å². The van der Waals surface area contributed by atoms with Crippen LogP contribution in [-0.4, -0.2) is 29.5 Å². The van der Waals surface area contributed by atoms with Crippen LogP contribution >= 0.6 is 15.9 Å². The molecule has 1 amide bonds. The van der Waals surface area contributed by atoms with Crippen LogP contribution in [0, 0.1) is 10.1 Å². The predicted molar refractivity (Wildman–Crippen MR) is 126 cm³/mol. The summed E-state index contributed by atoms with van der Waals surface area (Å²) in [7, 11) is 1.58. The Labute approximate surface area is 196 Å². The van der Waals surface area contributed by atoms with Crippen molar-refractivity contribution in [2.24, 2.45) is 0 Å². The van der Waals surface area contributed by atoms with Crippen molar-refractivity contribution in [3.63, 3.8) is 0 Å². The molecule has 4 aromatic rings. The first-order valence-corrected chi connectivity index (χ1v) is 10.7. The summed E-state index contributed by atoms with van der Waals surface area (Å²) in [6, 6.07) is 14.6. The maximum absolute atomic E-state index is 12.7. The van der Waals surface area contributed by atoms with Crippen LogP contribution in [-0.2, 0) is 0 Å². The quantitative estimate of drug-likeness (QED) is 0.245. The average Bonchev–Trinajstić information content (AvgIpc) is 3.22. The summed E-state index contributed by atoms with van der Waals surface area (Å²) < 4.78 is 17.1. The second-order valence-corrected chi connectivity index (χ2v) is 7.73. The van der Waals surface area contributed by atoms with Gasteiger partial charge in [0.1, 0.15) is 11.3 Å². The number of hydrogen-bond acceptors (Lipinski definition) is 7. The Morgan fingerprint density at radius 3 is 2.64 bits per heavy atom. The normalized spacial score (nSPS) is 10.8. The second kappa shape index (κ2) is 9.29. The summed E-state index contributed by atoms with van der Waals surface area (Å²) >= 11 is 3.44. The lowest BCUT2D eigenvalue weighted by atomic mass is 10.1. The number of amides is 1. The molecule has 0 saturated carbocycles. The number of ether oxygens (including phenoxy) is 2. The van der Waals surface area contributed by atoms with Crippen molar-refractivity contribution in [1.29, 1.82) is 0 Å². The monoisotopic (exact) mass is 511 g/mol. The van der Waals surface area contributed by atoms with Crippen molar-refractivity contribution < 1.29 is 23.6 Å². The van der Waals surface area contributed by atoms with Gasteiger partial charge in [-0.05, 0) is 71.4 Å². The summed E-state index contributed by atoms with van der Waals surface area (Å²) in [6.07, 6.45) is 0. The summed E-state index contributed by atoms with van der Waals surface area (Å²) in [6.45, 7) is 2.00. The van der Waals surface area contributed by atoms with Gasteiger partial charge in [-0.15, -0.1) is 0 Å². The Bertz CT molecular complexity index is 1370. The van der Waals surface area contributed by atoms with E-state index in [0.717, 1.165) is 10.0 Å². The lowest BCUT2D eigenvalue weighted by Gasteiger charge is -2.07. The van der Waals surface area contributed by atoms with Crippen LogP contribution in [0.1, 0.15) is 17.3 Å². The Balaban J connectivity index is 1.58. The summed E-state index contributed by atoms with van der Waals surface area (Å²) in [5.41, 5.74) is 2.19. The molecule has 0 aliphatic heterocycles. The number of carbonyl (C=O) groups is 1. The van der Waals surface area contributed by atoms with E-state index in [1.807, 2.05) is 12.1 Å². The van der Waals surface area contributed by atoms with Gasteiger partial charge in [0.15, 0.2) is 11.3 Å². The van der Waals surface area contributed by atoms with Crippen molar-refractivity contribution in [2.75, 3.05) is 19.0 Å². The molecule has 10 heteroatoms. The molecule has 168 valence electrons. The van der Waals surface area contributed by atoms with Crippen molar-refractivity contribution in [3.05, 3.63) is 74.7 Å². The molecule has 0 saturated heterocycles. The highest BCUT2D eigenvalue weighted by Gasteiger charge is 2.19. The summed E-state index contributed by atoms with van der Waals surface area (Å²) in [4.78, 5) is 27.9. The summed E-state index contributed by atoms with van der Waals surface area (Å²) in [5, 5.41) is 14.1. The van der Waals surface area contributed by atoms with E-state index in [4.69, 9.17) is 13.9 Å². The third-order valence-electron chi connectivity index (χ3n) is 4.76. The third-order valence-corrected chi connectivity index (χ3v) is 5.38. The van der Waals surface area contributed by atoms with Crippen LogP contribution in [0.5, 0.6) is 11.5 Å². The molecule has 0 radical (unpaired) electrons. The fourth-order valence-electron chi connectivity index (χ4n) is 3.21. The highest BCUT2D eigenvalue weighted by molar-refractivity contribution is 9.10. The predicted octanol–water partition coefficient (Wildman–Crippen LogP) is 5.83. The smallest absolute Gasteiger partial charge is 0.311 e. The van der Waals surface area contributed by atoms with Crippen LogP contribution in [0.2, 0.25) is 0 Å². The van der Waals surface area contributed by atoms with E-state index in [-0.39, 0.29) is 23.6 Å². The van der Waals surface area contributed by atoms with Gasteiger partial charge in [0.2, 0.25) is 5.89 Å². The van der Waals surface area contributed by atoms with Crippen molar-refractivity contribution >= 4 is 44.3 Å². The number of nitrogens with one attached hydrogen (secondary N) is 1. The van der Waals surface area contributed by atoms with Crippen LogP contribution < -0.4 is 14.8 Å². The lowest BCUT2D eigenvalue weighted by molar-refractivity contribution is -0.385. The number of rotatable bonds is 7. The Morgan fingerprint density at radius 1 is 1.15 bits per heavy atom. The highest BCUT2D eigenvalue weighted by Crippen LogP contribution is 2.32. The van der Waals surface area contributed by atoms with E-state index in [2.05, 4.69) is 26.2 Å². The molecule has 0 spiro atoms. The molecular weight excluding hydrogens is 494 g/mol. The van der Waals surface area contributed by atoms with Gasteiger partial charge in [0, 0.05) is 22.9 Å². The Morgan fingerprint density at radius 2 is 1.94 bits per heavy atom. The van der Waals surface area contributed by atoms with Crippen LogP contribution in [0.25, 0.3) is 22.6 Å². The number of oxazole rings is 1. The number of methoxy groups -OCH3 is 1. The van der Waals surface area contributed by atoms with Gasteiger partial charge in [0.25, 0.3) is 5.91 Å². The van der Waals surface area contributed by atoms with Crippen molar-refractivity contribution in [3.8, 4) is 23.0 Å². The number of aromatic nitrogens is 1. The molecule has 0 aliphatic carbocycles. The van der Waals surface area contributed by atoms with E-state index < -0.39 is 10.8 Å². The first-order chi connectivity index (χ1) is 15.9.